The molecule has 0 spiro atoms. The second-order valence-electron chi connectivity index (χ2n) is 7.98. The molecule has 2 aliphatic rings. The van der Waals surface area contributed by atoms with Crippen LogP contribution >= 0.6 is 12.2 Å². The Hall–Kier alpha value is -2.12. The van der Waals surface area contributed by atoms with Gasteiger partial charge in [-0.2, -0.15) is 0 Å². The van der Waals surface area contributed by atoms with Crippen LogP contribution in [0.15, 0.2) is 18.2 Å². The highest BCUT2D eigenvalue weighted by Gasteiger charge is 2.41. The van der Waals surface area contributed by atoms with Crippen molar-refractivity contribution in [3.05, 3.63) is 35.0 Å². The number of H-pyrrole nitrogens is 1. The minimum Gasteiger partial charge on any atom is -0.388 e. The largest absolute Gasteiger partial charge is 0.388 e. The number of likely N-dealkylation sites (N-methyl/N-ethyl adjacent to an activating group) is 1. The number of urea groups is 1. The van der Waals surface area contributed by atoms with Gasteiger partial charge in [0.1, 0.15) is 4.99 Å². The number of carbonyl (C=O) groups is 1. The zero-order valence-electron chi connectivity index (χ0n) is 16.8. The van der Waals surface area contributed by atoms with Crippen LogP contribution in [0.1, 0.15) is 43.0 Å². The van der Waals surface area contributed by atoms with Gasteiger partial charge in [-0.1, -0.05) is 24.4 Å². The average molecular weight is 400 g/mol. The lowest BCUT2D eigenvalue weighted by Crippen LogP contribution is -2.56. The van der Waals surface area contributed by atoms with Crippen molar-refractivity contribution in [2.24, 2.45) is 5.73 Å². The van der Waals surface area contributed by atoms with E-state index in [1.54, 1.807) is 0 Å². The van der Waals surface area contributed by atoms with Crippen molar-refractivity contribution in [3.8, 4) is 0 Å². The Morgan fingerprint density at radius 2 is 2.14 bits per heavy atom. The molecule has 3 atom stereocenters. The summed E-state index contributed by atoms with van der Waals surface area (Å²) in [6.45, 7) is 6.34. The number of nitrogens with one attached hydrogen (secondary N) is 2. The van der Waals surface area contributed by atoms with Gasteiger partial charge in [0, 0.05) is 48.5 Å². The van der Waals surface area contributed by atoms with Crippen molar-refractivity contribution in [1.29, 1.82) is 0 Å². The van der Waals surface area contributed by atoms with E-state index in [9.17, 15) is 4.79 Å². The van der Waals surface area contributed by atoms with E-state index in [4.69, 9.17) is 18.0 Å². The van der Waals surface area contributed by atoms with Gasteiger partial charge in [-0.25, -0.2) is 4.79 Å². The molecule has 1 aromatic heterocycles. The minimum atomic E-state index is 0.0361. The fraction of sp³-hybridized carbons (Fsp3) is 0.524. The second-order valence-corrected chi connectivity index (χ2v) is 8.42. The Labute approximate surface area is 171 Å². The standard InChI is InChI=1S/C21H29N5OS/c1-4-26(5-2)21(27)23-12-9-14-13-7-6-8-16-18(13)15(19(24-16)20(22)28)10-17(14)25(3)11-12/h6-8,12,14,17,24H,4-5,9-11H2,1-3H3,(H2,22,28)(H,23,27)/t12?,14-,17-/m1/s1. The lowest BCUT2D eigenvalue weighted by atomic mass is 9.73. The zero-order chi connectivity index (χ0) is 20.0. The molecular weight excluding hydrogens is 370 g/mol. The third kappa shape index (κ3) is 3.06. The topological polar surface area (TPSA) is 77.4 Å². The second kappa shape index (κ2) is 7.37. The number of amides is 2. The molecular formula is C21H29N5OS. The zero-order valence-corrected chi connectivity index (χ0v) is 17.6. The molecule has 1 aromatic carbocycles. The molecule has 4 N–H and O–H groups in total. The molecule has 2 amide bonds. The van der Waals surface area contributed by atoms with Gasteiger partial charge >= 0.3 is 6.03 Å². The molecule has 4 rings (SSSR count). The number of carbonyl (C=O) groups excluding carboxylic acids is 1. The fourth-order valence-electron chi connectivity index (χ4n) is 5.12. The monoisotopic (exact) mass is 399 g/mol. The van der Waals surface area contributed by atoms with E-state index < -0.39 is 0 Å². The predicted molar refractivity (Wildman–Crippen MR) is 117 cm³/mol. The Bertz CT molecular complexity index is 919. The van der Waals surface area contributed by atoms with Crippen molar-refractivity contribution in [1.82, 2.24) is 20.1 Å². The van der Waals surface area contributed by atoms with E-state index in [1.165, 1.54) is 16.5 Å². The molecule has 1 saturated heterocycles. The molecule has 28 heavy (non-hydrogen) atoms. The highest BCUT2D eigenvalue weighted by atomic mass is 32.1. The molecule has 1 fully saturated rings. The van der Waals surface area contributed by atoms with Gasteiger partial charge < -0.3 is 25.8 Å². The lowest BCUT2D eigenvalue weighted by molar-refractivity contribution is 0.124. The summed E-state index contributed by atoms with van der Waals surface area (Å²) in [5.74, 6) is 0.381. The van der Waals surface area contributed by atoms with Crippen molar-refractivity contribution in [3.63, 3.8) is 0 Å². The molecule has 1 unspecified atom stereocenters. The van der Waals surface area contributed by atoms with E-state index in [0.29, 0.717) is 16.9 Å². The number of aromatic nitrogens is 1. The summed E-state index contributed by atoms with van der Waals surface area (Å²) < 4.78 is 0. The number of benzene rings is 1. The average Bonchev–Trinajstić information content (AvgIpc) is 3.04. The predicted octanol–water partition coefficient (Wildman–Crippen LogP) is 2.57. The Kier molecular flexibility index (Phi) is 5.05. The summed E-state index contributed by atoms with van der Waals surface area (Å²) in [5.41, 5.74) is 10.6. The van der Waals surface area contributed by atoms with Crippen LogP contribution in [0.3, 0.4) is 0 Å². The number of likely N-dealkylation sites (tertiary alicyclic amines) is 1. The number of hydrogen-bond donors (Lipinski definition) is 3. The van der Waals surface area contributed by atoms with Gasteiger partial charge in [0.05, 0.1) is 5.69 Å². The molecule has 0 bridgehead atoms. The smallest absolute Gasteiger partial charge is 0.317 e. The molecule has 1 aliphatic carbocycles. The van der Waals surface area contributed by atoms with Crippen LogP contribution in [0.5, 0.6) is 0 Å². The molecule has 2 aromatic rings. The normalized spacial score (nSPS) is 24.0. The maximum Gasteiger partial charge on any atom is 0.317 e. The number of hydrogen-bond acceptors (Lipinski definition) is 3. The van der Waals surface area contributed by atoms with Crippen molar-refractivity contribution in [2.45, 2.75) is 44.7 Å². The summed E-state index contributed by atoms with van der Waals surface area (Å²) in [6, 6.07) is 6.99. The van der Waals surface area contributed by atoms with Gasteiger partial charge in [-0.05, 0) is 50.9 Å². The van der Waals surface area contributed by atoms with Crippen LogP contribution in [0.25, 0.3) is 10.9 Å². The number of fused-ring (bicyclic) bond motifs is 2. The number of piperidine rings is 1. The molecule has 2 heterocycles. The first-order chi connectivity index (χ1) is 13.4. The van der Waals surface area contributed by atoms with Crippen molar-refractivity contribution < 1.29 is 4.79 Å². The van der Waals surface area contributed by atoms with E-state index in [0.717, 1.165) is 43.7 Å². The summed E-state index contributed by atoms with van der Waals surface area (Å²) >= 11 is 5.29. The van der Waals surface area contributed by atoms with Crippen molar-refractivity contribution in [2.75, 3.05) is 26.7 Å². The summed E-state index contributed by atoms with van der Waals surface area (Å²) in [5, 5.41) is 4.53. The first kappa shape index (κ1) is 19.2. The number of aromatic amines is 1. The lowest BCUT2D eigenvalue weighted by Gasteiger charge is -2.46. The highest BCUT2D eigenvalue weighted by Crippen LogP contribution is 2.44. The maximum absolute atomic E-state index is 12.6. The van der Waals surface area contributed by atoms with Gasteiger partial charge in [-0.3, -0.25) is 0 Å². The van der Waals surface area contributed by atoms with Gasteiger partial charge in [0.2, 0.25) is 0 Å². The van der Waals surface area contributed by atoms with Crippen molar-refractivity contribution >= 4 is 34.1 Å². The van der Waals surface area contributed by atoms with E-state index in [2.05, 4.69) is 40.4 Å². The molecule has 6 nitrogen and oxygen atoms in total. The van der Waals surface area contributed by atoms with Gasteiger partial charge in [0.15, 0.2) is 0 Å². The fourth-order valence-corrected chi connectivity index (χ4v) is 5.30. The van der Waals surface area contributed by atoms with Crippen LogP contribution in [0.4, 0.5) is 4.79 Å². The third-order valence-corrected chi connectivity index (χ3v) is 6.68. The Morgan fingerprint density at radius 3 is 2.82 bits per heavy atom. The molecule has 150 valence electrons. The minimum absolute atomic E-state index is 0.0361. The van der Waals surface area contributed by atoms with Crippen LogP contribution in [0, 0.1) is 0 Å². The van der Waals surface area contributed by atoms with E-state index in [-0.39, 0.29) is 12.1 Å². The summed E-state index contributed by atoms with van der Waals surface area (Å²) in [6.07, 6.45) is 1.88. The van der Waals surface area contributed by atoms with Crippen LogP contribution in [-0.4, -0.2) is 64.6 Å². The van der Waals surface area contributed by atoms with Gasteiger partial charge in [0.25, 0.3) is 0 Å². The van der Waals surface area contributed by atoms with Crippen LogP contribution < -0.4 is 11.1 Å². The maximum atomic E-state index is 12.6. The number of nitrogens with two attached hydrogens (primary N) is 1. The first-order valence-electron chi connectivity index (χ1n) is 10.1. The highest BCUT2D eigenvalue weighted by molar-refractivity contribution is 7.80. The SMILES string of the molecule is CCN(CC)C(=O)NC1C[C@@H]2c3cccc4[nH]c(C(N)=S)c(c34)C[C@H]2N(C)C1. The Morgan fingerprint density at radius 1 is 1.39 bits per heavy atom. The van der Waals surface area contributed by atoms with Crippen LogP contribution in [0.2, 0.25) is 0 Å². The van der Waals surface area contributed by atoms with Gasteiger partial charge in [-0.15, -0.1) is 0 Å². The van der Waals surface area contributed by atoms with E-state index in [1.807, 2.05) is 18.7 Å². The van der Waals surface area contributed by atoms with E-state index >= 15 is 0 Å². The molecule has 1 aliphatic heterocycles. The number of nitrogens with zero attached hydrogens (tertiary/aromatic N) is 2. The number of thiocarbonyl (C=S) groups is 1. The first-order valence-corrected chi connectivity index (χ1v) is 10.5. The number of rotatable bonds is 4. The molecule has 0 saturated carbocycles. The summed E-state index contributed by atoms with van der Waals surface area (Å²) in [7, 11) is 2.16. The van der Waals surface area contributed by atoms with Crippen LogP contribution in [-0.2, 0) is 6.42 Å². The summed E-state index contributed by atoms with van der Waals surface area (Å²) in [4.78, 5) is 20.7. The third-order valence-electron chi connectivity index (χ3n) is 6.47. The Balaban J connectivity index is 1.67. The quantitative estimate of drug-likeness (QED) is 0.691. The molecule has 0 radical (unpaired) electrons. The molecule has 7 heteroatoms.